The van der Waals surface area contributed by atoms with Crippen LogP contribution in [0.5, 0.6) is 0 Å². The molecule has 0 aliphatic rings. The molecule has 0 saturated carbocycles. The molecule has 0 radical (unpaired) electrons. The fourth-order valence-electron chi connectivity index (χ4n) is 6.40. The van der Waals surface area contributed by atoms with Gasteiger partial charge in [0.05, 0.1) is 45.3 Å². The number of rotatable bonds is 3. The Hall–Kier alpha value is -6.10. The summed E-state index contributed by atoms with van der Waals surface area (Å²) in [6.07, 6.45) is 0. The number of nitrogens with zero attached hydrogens (tertiary/aromatic N) is 4. The highest BCUT2D eigenvalue weighted by Crippen LogP contribution is 2.40. The van der Waals surface area contributed by atoms with Crippen LogP contribution in [0.1, 0.15) is 11.1 Å². The number of hydrogen-bond donors (Lipinski definition) is 0. The molecule has 2 aromatic heterocycles. The van der Waals surface area contributed by atoms with Gasteiger partial charge in [-0.05, 0) is 77.9 Å². The van der Waals surface area contributed by atoms with E-state index in [9.17, 15) is 10.5 Å². The molecule has 194 valence electrons. The predicted molar refractivity (Wildman–Crippen MR) is 170 cm³/mol. The van der Waals surface area contributed by atoms with Crippen LogP contribution in [-0.4, -0.2) is 9.13 Å². The average molecular weight is 535 g/mol. The molecule has 0 N–H and O–H groups in total. The monoisotopic (exact) mass is 534 g/mol. The second kappa shape index (κ2) is 9.24. The zero-order chi connectivity index (χ0) is 28.2. The summed E-state index contributed by atoms with van der Waals surface area (Å²) in [5, 5.41) is 24.1. The molecule has 0 unspecified atom stereocenters. The first-order valence-electron chi connectivity index (χ1n) is 13.8. The maximum atomic E-state index is 10.2. The van der Waals surface area contributed by atoms with Crippen LogP contribution in [-0.2, 0) is 0 Å². The Balaban J connectivity index is 1.44. The molecule has 42 heavy (non-hydrogen) atoms. The van der Waals surface area contributed by atoms with Crippen molar-refractivity contribution < 1.29 is 0 Å². The van der Waals surface area contributed by atoms with Gasteiger partial charge in [-0.15, -0.1) is 0 Å². The molecule has 2 heterocycles. The van der Waals surface area contributed by atoms with Gasteiger partial charge in [-0.25, -0.2) is 0 Å². The van der Waals surface area contributed by atoms with E-state index in [2.05, 4.69) is 106 Å². The molecule has 4 nitrogen and oxygen atoms in total. The van der Waals surface area contributed by atoms with Gasteiger partial charge in [-0.1, -0.05) is 66.7 Å². The summed E-state index contributed by atoms with van der Waals surface area (Å²) in [7, 11) is 0. The lowest BCUT2D eigenvalue weighted by molar-refractivity contribution is 1.18. The minimum atomic E-state index is 0.589. The molecular weight excluding hydrogens is 512 g/mol. The van der Waals surface area contributed by atoms with E-state index in [0.717, 1.165) is 66.1 Å². The van der Waals surface area contributed by atoms with E-state index in [-0.39, 0.29) is 0 Å². The number of para-hydroxylation sites is 3. The number of hydrogen-bond acceptors (Lipinski definition) is 2. The van der Waals surface area contributed by atoms with Crippen LogP contribution in [0.15, 0.2) is 133 Å². The van der Waals surface area contributed by atoms with Crippen LogP contribution in [0.4, 0.5) is 0 Å². The summed E-state index contributed by atoms with van der Waals surface area (Å²) in [4.78, 5) is 0. The maximum absolute atomic E-state index is 10.2. The van der Waals surface area contributed by atoms with E-state index in [4.69, 9.17) is 0 Å². The Morgan fingerprint density at radius 3 is 1.86 bits per heavy atom. The summed E-state index contributed by atoms with van der Waals surface area (Å²) >= 11 is 0. The average Bonchev–Trinajstić information content (AvgIpc) is 3.57. The molecule has 6 aromatic carbocycles. The molecule has 0 atom stereocenters. The van der Waals surface area contributed by atoms with Crippen molar-refractivity contribution >= 4 is 43.6 Å². The summed E-state index contributed by atoms with van der Waals surface area (Å²) in [5.41, 5.74) is 9.55. The lowest BCUT2D eigenvalue weighted by Crippen LogP contribution is -1.96. The summed E-state index contributed by atoms with van der Waals surface area (Å²) < 4.78 is 4.51. The van der Waals surface area contributed by atoms with E-state index >= 15 is 0 Å². The standard InChI is InChI=1S/C38H22N4/c39-23-25-17-18-36-33(21-25)31-11-4-6-14-34(31)42(36)29-20-26(24-40)19-27(22-29)30-13-8-16-37-38(30)32-12-5-7-15-35(32)41(37)28-9-2-1-3-10-28/h1-22H. The minimum absolute atomic E-state index is 0.589. The molecule has 8 rings (SSSR count). The Morgan fingerprint density at radius 1 is 0.429 bits per heavy atom. The van der Waals surface area contributed by atoms with E-state index in [1.807, 2.05) is 48.5 Å². The molecule has 0 fully saturated rings. The fraction of sp³-hybridized carbons (Fsp3) is 0. The molecule has 0 spiro atoms. The predicted octanol–water partition coefficient (Wildman–Crippen LogP) is 9.29. The molecule has 0 bridgehead atoms. The van der Waals surface area contributed by atoms with Gasteiger partial charge in [0, 0.05) is 32.9 Å². The van der Waals surface area contributed by atoms with Gasteiger partial charge in [0.2, 0.25) is 0 Å². The Morgan fingerprint density at radius 2 is 1.07 bits per heavy atom. The van der Waals surface area contributed by atoms with Crippen molar-refractivity contribution in [3.8, 4) is 34.6 Å². The summed E-state index contributed by atoms with van der Waals surface area (Å²) in [6.45, 7) is 0. The highest BCUT2D eigenvalue weighted by atomic mass is 15.0. The third-order valence-electron chi connectivity index (χ3n) is 8.13. The molecule has 0 amide bonds. The minimum Gasteiger partial charge on any atom is -0.309 e. The van der Waals surface area contributed by atoms with Gasteiger partial charge in [-0.2, -0.15) is 10.5 Å². The first-order valence-corrected chi connectivity index (χ1v) is 13.8. The van der Waals surface area contributed by atoms with Crippen LogP contribution in [0.3, 0.4) is 0 Å². The lowest BCUT2D eigenvalue weighted by Gasteiger charge is -2.13. The highest BCUT2D eigenvalue weighted by molar-refractivity contribution is 6.16. The molecule has 8 aromatic rings. The Bertz CT molecular complexity index is 2430. The smallest absolute Gasteiger partial charge is 0.0992 e. The molecule has 0 aliphatic carbocycles. The molecular formula is C38H22N4. The number of benzene rings is 6. The number of nitriles is 2. The Labute approximate surface area is 242 Å². The first kappa shape index (κ1) is 23.8. The fourth-order valence-corrected chi connectivity index (χ4v) is 6.40. The molecule has 0 aliphatic heterocycles. The summed E-state index contributed by atoms with van der Waals surface area (Å²) in [6, 6.07) is 50.1. The maximum Gasteiger partial charge on any atom is 0.0992 e. The SMILES string of the molecule is N#Cc1cc(-c2cccc3c2c2ccccc2n3-c2ccccc2)cc(-n2c3ccccc3c3cc(C#N)ccc32)c1. The topological polar surface area (TPSA) is 57.4 Å². The van der Waals surface area contributed by atoms with Gasteiger partial charge < -0.3 is 9.13 Å². The third-order valence-corrected chi connectivity index (χ3v) is 8.13. The van der Waals surface area contributed by atoms with Crippen molar-refractivity contribution in [1.29, 1.82) is 10.5 Å². The van der Waals surface area contributed by atoms with Crippen LogP contribution < -0.4 is 0 Å². The normalized spacial score (nSPS) is 11.3. The van der Waals surface area contributed by atoms with Crippen LogP contribution in [0.25, 0.3) is 66.1 Å². The third kappa shape index (κ3) is 3.47. The van der Waals surface area contributed by atoms with Crippen molar-refractivity contribution in [2.24, 2.45) is 0 Å². The van der Waals surface area contributed by atoms with Gasteiger partial charge in [0.1, 0.15) is 0 Å². The molecule has 0 saturated heterocycles. The number of aromatic nitrogens is 2. The Kier molecular flexibility index (Phi) is 5.22. The first-order chi connectivity index (χ1) is 20.7. The number of fused-ring (bicyclic) bond motifs is 6. The lowest BCUT2D eigenvalue weighted by atomic mass is 9.97. The van der Waals surface area contributed by atoms with Crippen LogP contribution in [0, 0.1) is 22.7 Å². The van der Waals surface area contributed by atoms with Gasteiger partial charge >= 0.3 is 0 Å². The van der Waals surface area contributed by atoms with Gasteiger partial charge in [0.15, 0.2) is 0 Å². The van der Waals surface area contributed by atoms with Crippen molar-refractivity contribution in [2.45, 2.75) is 0 Å². The summed E-state index contributed by atoms with van der Waals surface area (Å²) in [5.74, 6) is 0. The van der Waals surface area contributed by atoms with E-state index in [1.54, 1.807) is 0 Å². The van der Waals surface area contributed by atoms with Crippen molar-refractivity contribution in [2.75, 3.05) is 0 Å². The van der Waals surface area contributed by atoms with E-state index < -0.39 is 0 Å². The van der Waals surface area contributed by atoms with Gasteiger partial charge in [-0.3, -0.25) is 0 Å². The zero-order valence-corrected chi connectivity index (χ0v) is 22.5. The van der Waals surface area contributed by atoms with E-state index in [1.165, 1.54) is 0 Å². The quantitative estimate of drug-likeness (QED) is 0.227. The van der Waals surface area contributed by atoms with Crippen molar-refractivity contribution in [3.05, 3.63) is 145 Å². The second-order valence-electron chi connectivity index (χ2n) is 10.5. The highest BCUT2D eigenvalue weighted by Gasteiger charge is 2.18. The van der Waals surface area contributed by atoms with Crippen LogP contribution in [0.2, 0.25) is 0 Å². The van der Waals surface area contributed by atoms with Crippen molar-refractivity contribution in [3.63, 3.8) is 0 Å². The zero-order valence-electron chi connectivity index (χ0n) is 22.5. The molecule has 4 heteroatoms. The van der Waals surface area contributed by atoms with Gasteiger partial charge in [0.25, 0.3) is 0 Å². The largest absolute Gasteiger partial charge is 0.309 e. The second-order valence-corrected chi connectivity index (χ2v) is 10.5. The van der Waals surface area contributed by atoms with Crippen LogP contribution >= 0.6 is 0 Å². The van der Waals surface area contributed by atoms with Crippen molar-refractivity contribution in [1.82, 2.24) is 9.13 Å². The van der Waals surface area contributed by atoms with E-state index in [0.29, 0.717) is 11.1 Å².